The third-order valence-corrected chi connectivity index (χ3v) is 4.07. The van der Waals surface area contributed by atoms with Crippen LogP contribution in [0, 0.1) is 0 Å². The minimum Gasteiger partial charge on any atom is -0.394 e. The number of imidazole rings is 1. The lowest BCUT2D eigenvalue weighted by atomic mass is 10.0. The third-order valence-electron chi connectivity index (χ3n) is 4.07. The van der Waals surface area contributed by atoms with Crippen molar-refractivity contribution >= 4 is 17.0 Å². The molecular weight excluding hydrogens is 298 g/mol. The standard InChI is InChI=1S/C15H21N5O3/c1-2-3-4-5-15(6-10(22)11(7-21)23-15)20-9-19-12-13(16)17-8-18-14(12)20/h4-5,8-11,21-22H,2-3,6-7H2,1H3,(H2,16,17,18)/t10-,11+,15+/m0/s1. The minimum atomic E-state index is -0.947. The smallest absolute Gasteiger partial charge is 0.169 e. The van der Waals surface area contributed by atoms with Crippen LogP contribution in [0.25, 0.3) is 11.2 Å². The van der Waals surface area contributed by atoms with Crippen LogP contribution in [0.3, 0.4) is 0 Å². The van der Waals surface area contributed by atoms with Crippen LogP contribution < -0.4 is 5.73 Å². The molecule has 0 unspecified atom stereocenters. The van der Waals surface area contributed by atoms with Crippen LogP contribution in [-0.2, 0) is 10.5 Å². The first-order valence-corrected chi connectivity index (χ1v) is 7.69. The summed E-state index contributed by atoms with van der Waals surface area (Å²) in [7, 11) is 0. The molecule has 0 aromatic carbocycles. The number of rotatable bonds is 5. The van der Waals surface area contributed by atoms with Gasteiger partial charge in [0, 0.05) is 6.42 Å². The summed E-state index contributed by atoms with van der Waals surface area (Å²) in [5.74, 6) is 0.290. The summed E-state index contributed by atoms with van der Waals surface area (Å²) in [4.78, 5) is 12.4. The Hall–Kier alpha value is -2.03. The van der Waals surface area contributed by atoms with Crippen LogP contribution in [0.4, 0.5) is 5.82 Å². The molecular formula is C15H21N5O3. The van der Waals surface area contributed by atoms with Gasteiger partial charge in [-0.3, -0.25) is 4.57 Å². The lowest BCUT2D eigenvalue weighted by Crippen LogP contribution is -2.32. The molecule has 2 aromatic rings. The highest BCUT2D eigenvalue weighted by atomic mass is 16.6. The van der Waals surface area contributed by atoms with Crippen molar-refractivity contribution in [3.05, 3.63) is 24.8 Å². The van der Waals surface area contributed by atoms with Gasteiger partial charge >= 0.3 is 0 Å². The van der Waals surface area contributed by atoms with Gasteiger partial charge in [-0.2, -0.15) is 0 Å². The number of hydrogen-bond acceptors (Lipinski definition) is 7. The molecule has 1 aliphatic heterocycles. The quantitative estimate of drug-likeness (QED) is 0.689. The van der Waals surface area contributed by atoms with Gasteiger partial charge in [-0.25, -0.2) is 15.0 Å². The summed E-state index contributed by atoms with van der Waals surface area (Å²) in [6, 6.07) is 0. The van der Waals surface area contributed by atoms with E-state index in [2.05, 4.69) is 21.9 Å². The zero-order valence-electron chi connectivity index (χ0n) is 13.0. The highest BCUT2D eigenvalue weighted by Crippen LogP contribution is 2.38. The molecule has 3 heterocycles. The van der Waals surface area contributed by atoms with Gasteiger partial charge in [0.05, 0.1) is 19.0 Å². The largest absolute Gasteiger partial charge is 0.394 e. The Kier molecular flexibility index (Phi) is 4.29. The van der Waals surface area contributed by atoms with Crippen LogP contribution in [-0.4, -0.2) is 48.5 Å². The Labute approximate surface area is 133 Å². The van der Waals surface area contributed by atoms with Crippen molar-refractivity contribution in [1.82, 2.24) is 19.5 Å². The molecule has 2 aromatic heterocycles. The molecule has 8 heteroatoms. The van der Waals surface area contributed by atoms with Gasteiger partial charge in [-0.05, 0) is 12.5 Å². The van der Waals surface area contributed by atoms with Gasteiger partial charge in [-0.1, -0.05) is 19.4 Å². The topological polar surface area (TPSA) is 119 Å². The van der Waals surface area contributed by atoms with Crippen LogP contribution in [0.5, 0.6) is 0 Å². The van der Waals surface area contributed by atoms with E-state index in [0.29, 0.717) is 23.4 Å². The predicted octanol–water partition coefficient (Wildman–Crippen LogP) is 0.560. The number of fused-ring (bicyclic) bond motifs is 1. The first-order chi connectivity index (χ1) is 11.1. The molecule has 124 valence electrons. The van der Waals surface area contributed by atoms with Gasteiger partial charge in [0.1, 0.15) is 17.9 Å². The van der Waals surface area contributed by atoms with Crippen molar-refractivity contribution in [3.63, 3.8) is 0 Å². The number of aliphatic hydroxyl groups excluding tert-OH is 2. The van der Waals surface area contributed by atoms with Crippen molar-refractivity contribution in [2.45, 2.75) is 44.1 Å². The van der Waals surface area contributed by atoms with Crippen molar-refractivity contribution < 1.29 is 14.9 Å². The number of unbranched alkanes of at least 4 members (excludes halogenated alkanes) is 1. The molecule has 4 N–H and O–H groups in total. The Morgan fingerprint density at radius 2 is 2.30 bits per heavy atom. The van der Waals surface area contributed by atoms with E-state index in [-0.39, 0.29) is 6.61 Å². The molecule has 1 saturated heterocycles. The SMILES string of the molecule is CCCC=C[C@]1(n2cnc3c(N)ncnc32)C[C@H](O)[C@@H](CO)O1. The lowest BCUT2D eigenvalue weighted by molar-refractivity contribution is -0.0856. The summed E-state index contributed by atoms with van der Waals surface area (Å²) in [5, 5.41) is 19.6. The monoisotopic (exact) mass is 319 g/mol. The molecule has 23 heavy (non-hydrogen) atoms. The van der Waals surface area contributed by atoms with E-state index in [1.165, 1.54) is 6.33 Å². The molecule has 0 bridgehead atoms. The Balaban J connectivity index is 2.09. The molecule has 0 spiro atoms. The molecule has 0 aliphatic carbocycles. The van der Waals surface area contributed by atoms with Gasteiger partial charge in [0.2, 0.25) is 0 Å². The minimum absolute atomic E-state index is 0.256. The van der Waals surface area contributed by atoms with Crippen LogP contribution >= 0.6 is 0 Å². The zero-order valence-corrected chi connectivity index (χ0v) is 13.0. The molecule has 3 atom stereocenters. The molecule has 0 saturated carbocycles. The second kappa shape index (κ2) is 6.23. The number of aromatic nitrogens is 4. The van der Waals surface area contributed by atoms with Crippen molar-refractivity contribution in [3.8, 4) is 0 Å². The van der Waals surface area contributed by atoms with Gasteiger partial charge in [0.25, 0.3) is 0 Å². The van der Waals surface area contributed by atoms with Crippen molar-refractivity contribution in [2.24, 2.45) is 0 Å². The van der Waals surface area contributed by atoms with E-state index in [1.807, 2.05) is 12.2 Å². The Morgan fingerprint density at radius 1 is 1.48 bits per heavy atom. The fraction of sp³-hybridized carbons (Fsp3) is 0.533. The third kappa shape index (κ3) is 2.69. The van der Waals surface area contributed by atoms with Crippen LogP contribution in [0.15, 0.2) is 24.8 Å². The van der Waals surface area contributed by atoms with E-state index in [4.69, 9.17) is 10.5 Å². The van der Waals surface area contributed by atoms with Crippen LogP contribution in [0.2, 0.25) is 0 Å². The number of nitrogens with zero attached hydrogens (tertiary/aromatic N) is 4. The van der Waals surface area contributed by atoms with Crippen molar-refractivity contribution in [2.75, 3.05) is 12.3 Å². The summed E-state index contributed by atoms with van der Waals surface area (Å²) in [5.41, 5.74) is 5.91. The first kappa shape index (κ1) is 15.9. The van der Waals surface area contributed by atoms with Gasteiger partial charge in [-0.15, -0.1) is 0 Å². The maximum Gasteiger partial charge on any atom is 0.169 e. The van der Waals surface area contributed by atoms with E-state index in [1.54, 1.807) is 10.9 Å². The maximum atomic E-state index is 10.2. The number of aliphatic hydroxyl groups is 2. The number of nitrogens with two attached hydrogens (primary N) is 1. The zero-order chi connectivity index (χ0) is 16.4. The van der Waals surface area contributed by atoms with Gasteiger partial charge in [0.15, 0.2) is 17.2 Å². The number of ether oxygens (including phenoxy) is 1. The van der Waals surface area contributed by atoms with E-state index in [0.717, 1.165) is 12.8 Å². The normalized spacial score (nSPS) is 28.1. The summed E-state index contributed by atoms with van der Waals surface area (Å²) < 4.78 is 7.73. The second-order valence-corrected chi connectivity index (χ2v) is 5.69. The molecule has 0 radical (unpaired) electrons. The molecule has 8 nitrogen and oxygen atoms in total. The average Bonchev–Trinajstić information content (AvgIpc) is 3.10. The number of hydrogen-bond donors (Lipinski definition) is 3. The summed E-state index contributed by atoms with van der Waals surface area (Å²) in [6.07, 6.45) is 7.60. The molecule has 1 aliphatic rings. The summed E-state index contributed by atoms with van der Waals surface area (Å²) >= 11 is 0. The van der Waals surface area contributed by atoms with Crippen LogP contribution in [0.1, 0.15) is 26.2 Å². The Bertz CT molecular complexity index is 716. The Morgan fingerprint density at radius 3 is 3.00 bits per heavy atom. The van der Waals surface area contributed by atoms with E-state index >= 15 is 0 Å². The fourth-order valence-corrected chi connectivity index (χ4v) is 2.89. The number of anilines is 1. The first-order valence-electron chi connectivity index (χ1n) is 7.69. The predicted molar refractivity (Wildman–Crippen MR) is 84.3 cm³/mol. The summed E-state index contributed by atoms with van der Waals surface area (Å²) in [6.45, 7) is 1.83. The van der Waals surface area contributed by atoms with E-state index in [9.17, 15) is 10.2 Å². The molecule has 3 rings (SSSR count). The number of allylic oxidation sites excluding steroid dienone is 1. The molecule has 0 amide bonds. The van der Waals surface area contributed by atoms with E-state index < -0.39 is 17.9 Å². The second-order valence-electron chi connectivity index (χ2n) is 5.69. The number of nitrogen functional groups attached to an aromatic ring is 1. The highest BCUT2D eigenvalue weighted by Gasteiger charge is 2.46. The fourth-order valence-electron chi connectivity index (χ4n) is 2.89. The van der Waals surface area contributed by atoms with Crippen molar-refractivity contribution in [1.29, 1.82) is 0 Å². The lowest BCUT2D eigenvalue weighted by Gasteiger charge is -2.27. The van der Waals surface area contributed by atoms with Gasteiger partial charge < -0.3 is 20.7 Å². The average molecular weight is 319 g/mol. The maximum absolute atomic E-state index is 10.2. The molecule has 1 fully saturated rings. The highest BCUT2D eigenvalue weighted by molar-refractivity contribution is 5.81.